The lowest BCUT2D eigenvalue weighted by Gasteiger charge is -2.12. The Labute approximate surface area is 160 Å². The zero-order chi connectivity index (χ0) is 19.2. The van der Waals surface area contributed by atoms with Crippen molar-refractivity contribution in [2.75, 3.05) is 6.54 Å². The van der Waals surface area contributed by atoms with Crippen LogP contribution in [-0.4, -0.2) is 33.2 Å². The Morgan fingerprint density at radius 3 is 2.70 bits per heavy atom. The van der Waals surface area contributed by atoms with Gasteiger partial charge in [-0.3, -0.25) is 4.79 Å². The largest absolute Gasteiger partial charge is 0.393 e. The average Bonchev–Trinajstić information content (AvgIpc) is 2.99. The van der Waals surface area contributed by atoms with Gasteiger partial charge in [0.15, 0.2) is 0 Å². The third-order valence-electron chi connectivity index (χ3n) is 4.78. The lowest BCUT2D eigenvalue weighted by atomic mass is 10.1. The van der Waals surface area contributed by atoms with Gasteiger partial charge in [0.2, 0.25) is 5.91 Å². The van der Waals surface area contributed by atoms with Crippen molar-refractivity contribution >= 4 is 16.9 Å². The van der Waals surface area contributed by atoms with Crippen LogP contribution in [0.25, 0.3) is 11.0 Å². The molecule has 1 heterocycles. The van der Waals surface area contributed by atoms with Crippen molar-refractivity contribution in [2.24, 2.45) is 0 Å². The minimum atomic E-state index is -0.450. The van der Waals surface area contributed by atoms with Gasteiger partial charge in [-0.25, -0.2) is 4.98 Å². The second-order valence-electron chi connectivity index (χ2n) is 7.02. The normalized spacial score (nSPS) is 12.3. The Bertz CT molecular complexity index is 915. The number of imidazole rings is 1. The topological polar surface area (TPSA) is 67.2 Å². The smallest absolute Gasteiger partial charge is 0.220 e. The van der Waals surface area contributed by atoms with E-state index in [0.29, 0.717) is 25.8 Å². The molecule has 1 amide bonds. The lowest BCUT2D eigenvalue weighted by molar-refractivity contribution is -0.121. The molecular formula is C22H27N3O2. The van der Waals surface area contributed by atoms with Crippen molar-refractivity contribution in [1.29, 1.82) is 0 Å². The van der Waals surface area contributed by atoms with E-state index >= 15 is 0 Å². The van der Waals surface area contributed by atoms with E-state index in [1.165, 1.54) is 11.1 Å². The Kier molecular flexibility index (Phi) is 6.24. The summed E-state index contributed by atoms with van der Waals surface area (Å²) in [7, 11) is 0. The van der Waals surface area contributed by atoms with Crippen molar-refractivity contribution in [2.45, 2.75) is 45.8 Å². The number of aryl methyl sites for hydroxylation is 1. The van der Waals surface area contributed by atoms with Gasteiger partial charge in [-0.15, -0.1) is 0 Å². The first-order valence-electron chi connectivity index (χ1n) is 9.48. The fourth-order valence-corrected chi connectivity index (χ4v) is 3.19. The molecule has 2 aromatic carbocycles. The van der Waals surface area contributed by atoms with Crippen LogP contribution < -0.4 is 5.32 Å². The van der Waals surface area contributed by atoms with E-state index in [4.69, 9.17) is 4.98 Å². The van der Waals surface area contributed by atoms with Crippen LogP contribution in [0.1, 0.15) is 36.7 Å². The van der Waals surface area contributed by atoms with Crippen LogP contribution >= 0.6 is 0 Å². The number of nitrogens with one attached hydrogen (secondary N) is 1. The van der Waals surface area contributed by atoms with E-state index in [2.05, 4.69) is 47.1 Å². The molecule has 0 saturated carbocycles. The molecule has 3 aromatic rings. The van der Waals surface area contributed by atoms with Gasteiger partial charge in [-0.2, -0.15) is 0 Å². The van der Waals surface area contributed by atoms with Gasteiger partial charge in [0.05, 0.1) is 17.1 Å². The summed E-state index contributed by atoms with van der Waals surface area (Å²) in [5.41, 5.74) is 4.60. The molecule has 5 heteroatoms. The number of amides is 1. The highest BCUT2D eigenvalue weighted by atomic mass is 16.3. The summed E-state index contributed by atoms with van der Waals surface area (Å²) < 4.78 is 2.24. The molecule has 142 valence electrons. The predicted molar refractivity (Wildman–Crippen MR) is 108 cm³/mol. The standard InChI is InChI=1S/C22H27N3O2/c1-16-7-3-4-8-18(16)15-25-20-10-6-5-9-19(20)24-21(25)13-14-23-22(27)12-11-17(2)26/h3-10,17,26H,11-15H2,1-2H3,(H,23,27)/t17-/m1/s1. The molecule has 0 fully saturated rings. The first kappa shape index (κ1) is 19.1. The van der Waals surface area contributed by atoms with E-state index in [1.54, 1.807) is 6.92 Å². The summed E-state index contributed by atoms with van der Waals surface area (Å²) in [6.45, 7) is 5.12. The minimum absolute atomic E-state index is 0.0301. The second kappa shape index (κ2) is 8.82. The van der Waals surface area contributed by atoms with Crippen LogP contribution in [0, 0.1) is 6.92 Å². The highest BCUT2D eigenvalue weighted by Crippen LogP contribution is 2.19. The number of aromatic nitrogens is 2. The Morgan fingerprint density at radius 1 is 1.19 bits per heavy atom. The monoisotopic (exact) mass is 365 g/mol. The van der Waals surface area contributed by atoms with E-state index in [9.17, 15) is 9.90 Å². The summed E-state index contributed by atoms with van der Waals surface area (Å²) in [6.07, 6.45) is 1.05. The summed E-state index contributed by atoms with van der Waals surface area (Å²) in [6, 6.07) is 16.5. The molecule has 1 atom stereocenters. The number of aliphatic hydroxyl groups excluding tert-OH is 1. The maximum atomic E-state index is 11.9. The molecule has 3 rings (SSSR count). The number of carbonyl (C=O) groups excluding carboxylic acids is 1. The molecular weight excluding hydrogens is 338 g/mol. The molecule has 0 saturated heterocycles. The molecule has 0 bridgehead atoms. The van der Waals surface area contributed by atoms with Crippen molar-refractivity contribution < 1.29 is 9.90 Å². The molecule has 5 nitrogen and oxygen atoms in total. The number of para-hydroxylation sites is 2. The number of aliphatic hydroxyl groups is 1. The maximum absolute atomic E-state index is 11.9. The van der Waals surface area contributed by atoms with Crippen LogP contribution in [0.4, 0.5) is 0 Å². The summed E-state index contributed by atoms with van der Waals surface area (Å²) in [5, 5.41) is 12.2. The number of carbonyl (C=O) groups is 1. The minimum Gasteiger partial charge on any atom is -0.393 e. The maximum Gasteiger partial charge on any atom is 0.220 e. The average molecular weight is 365 g/mol. The fraction of sp³-hybridized carbons (Fsp3) is 0.364. The van der Waals surface area contributed by atoms with Crippen molar-refractivity contribution in [3.63, 3.8) is 0 Å². The number of nitrogens with zero attached hydrogens (tertiary/aromatic N) is 2. The van der Waals surface area contributed by atoms with Gasteiger partial charge in [-0.05, 0) is 43.5 Å². The second-order valence-corrected chi connectivity index (χ2v) is 7.02. The molecule has 27 heavy (non-hydrogen) atoms. The number of hydrogen-bond donors (Lipinski definition) is 2. The van der Waals surface area contributed by atoms with Gasteiger partial charge < -0.3 is 15.0 Å². The van der Waals surface area contributed by atoms with Gasteiger partial charge in [0.1, 0.15) is 5.82 Å². The quantitative estimate of drug-likeness (QED) is 0.644. The van der Waals surface area contributed by atoms with Gasteiger partial charge in [0.25, 0.3) is 0 Å². The molecule has 0 spiro atoms. The number of hydrogen-bond acceptors (Lipinski definition) is 3. The lowest BCUT2D eigenvalue weighted by Crippen LogP contribution is -2.27. The molecule has 0 aliphatic heterocycles. The van der Waals surface area contributed by atoms with Gasteiger partial charge in [-0.1, -0.05) is 36.4 Å². The molecule has 2 N–H and O–H groups in total. The van der Waals surface area contributed by atoms with Crippen molar-refractivity contribution in [3.8, 4) is 0 Å². The molecule has 0 unspecified atom stereocenters. The molecule has 1 aromatic heterocycles. The van der Waals surface area contributed by atoms with Crippen molar-refractivity contribution in [3.05, 3.63) is 65.5 Å². The van der Waals surface area contributed by atoms with Crippen LogP contribution in [0.5, 0.6) is 0 Å². The Balaban J connectivity index is 1.75. The summed E-state index contributed by atoms with van der Waals surface area (Å²) in [4.78, 5) is 16.7. The highest BCUT2D eigenvalue weighted by Gasteiger charge is 2.12. The predicted octanol–water partition coefficient (Wildman–Crippen LogP) is 3.21. The fourth-order valence-electron chi connectivity index (χ4n) is 3.19. The highest BCUT2D eigenvalue weighted by molar-refractivity contribution is 5.77. The first-order chi connectivity index (χ1) is 13.0. The van der Waals surface area contributed by atoms with Crippen molar-refractivity contribution in [1.82, 2.24) is 14.9 Å². The van der Waals surface area contributed by atoms with E-state index in [0.717, 1.165) is 23.4 Å². The van der Waals surface area contributed by atoms with Gasteiger partial charge in [0, 0.05) is 25.9 Å². The first-order valence-corrected chi connectivity index (χ1v) is 9.48. The molecule has 0 aliphatic rings. The zero-order valence-electron chi connectivity index (χ0n) is 16.0. The summed E-state index contributed by atoms with van der Waals surface area (Å²) in [5.74, 6) is 0.938. The van der Waals surface area contributed by atoms with Crippen LogP contribution in [-0.2, 0) is 17.8 Å². The Morgan fingerprint density at radius 2 is 1.93 bits per heavy atom. The summed E-state index contributed by atoms with van der Waals surface area (Å²) >= 11 is 0. The number of benzene rings is 2. The number of fused-ring (bicyclic) bond motifs is 1. The molecule has 0 aliphatic carbocycles. The SMILES string of the molecule is Cc1ccccc1Cn1c(CCNC(=O)CC[C@@H](C)O)nc2ccccc21. The number of rotatable bonds is 8. The molecule has 0 radical (unpaired) electrons. The third-order valence-corrected chi connectivity index (χ3v) is 4.78. The third kappa shape index (κ3) is 4.95. The van der Waals surface area contributed by atoms with E-state index < -0.39 is 6.10 Å². The van der Waals surface area contributed by atoms with Crippen LogP contribution in [0.3, 0.4) is 0 Å². The van der Waals surface area contributed by atoms with Crippen LogP contribution in [0.2, 0.25) is 0 Å². The zero-order valence-corrected chi connectivity index (χ0v) is 16.0. The Hall–Kier alpha value is -2.66. The van der Waals surface area contributed by atoms with Gasteiger partial charge >= 0.3 is 0 Å². The van der Waals surface area contributed by atoms with E-state index in [1.807, 2.05) is 18.2 Å². The van der Waals surface area contributed by atoms with E-state index in [-0.39, 0.29) is 5.91 Å². The van der Waals surface area contributed by atoms with Crippen LogP contribution in [0.15, 0.2) is 48.5 Å².